The topological polar surface area (TPSA) is 83.1 Å². The number of ether oxygens (including phenoxy) is 2. The fourth-order valence-corrected chi connectivity index (χ4v) is 3.20. The summed E-state index contributed by atoms with van der Waals surface area (Å²) in [5, 5.41) is 0. The van der Waals surface area contributed by atoms with E-state index in [0.29, 0.717) is 31.3 Å². The third-order valence-electron chi connectivity index (χ3n) is 4.95. The molecule has 0 bridgehead atoms. The number of unbranched alkanes of at least 4 members (excludes halogenated alkanes) is 1. The molecule has 28 heavy (non-hydrogen) atoms. The molecule has 158 valence electrons. The second-order valence-electron chi connectivity index (χ2n) is 8.03. The van der Waals surface area contributed by atoms with Gasteiger partial charge in [-0.2, -0.15) is 0 Å². The molecule has 1 aromatic carbocycles. The van der Waals surface area contributed by atoms with Crippen molar-refractivity contribution < 1.29 is 27.2 Å². The van der Waals surface area contributed by atoms with E-state index < -0.39 is 28.3 Å². The lowest BCUT2D eigenvalue weighted by molar-refractivity contribution is 0.00578. The first-order valence-corrected chi connectivity index (χ1v) is 11.5. The minimum absolute atomic E-state index is 0.331. The van der Waals surface area contributed by atoms with E-state index in [2.05, 4.69) is 11.6 Å². The number of nitrogens with one attached hydrogen (secondary N) is 1. The van der Waals surface area contributed by atoms with Gasteiger partial charge in [-0.15, -0.1) is 0 Å². The molecular weight excluding hydrogens is 381 g/mol. The zero-order chi connectivity index (χ0) is 21.0. The van der Waals surface area contributed by atoms with Crippen molar-refractivity contribution in [2.24, 2.45) is 0 Å². The third kappa shape index (κ3) is 6.11. The second kappa shape index (κ2) is 9.03. The molecule has 1 aliphatic rings. The van der Waals surface area contributed by atoms with Crippen molar-refractivity contribution in [1.82, 2.24) is 0 Å². The molecule has 0 aliphatic carbocycles. The number of sulfonamides is 1. The molecule has 9 heteroatoms. The molecule has 0 spiro atoms. The number of anilines is 1. The van der Waals surface area contributed by atoms with Crippen molar-refractivity contribution in [3.05, 3.63) is 18.2 Å². The normalized spacial score (nSPS) is 18.3. The largest absolute Gasteiger partial charge is 0.494 e. The first-order valence-electron chi connectivity index (χ1n) is 9.63. The number of rotatable bonds is 10. The Morgan fingerprint density at radius 3 is 2.29 bits per heavy atom. The van der Waals surface area contributed by atoms with Crippen LogP contribution in [0, 0.1) is 0 Å². The maximum atomic E-state index is 11.8. The molecule has 0 unspecified atom stereocenters. The first-order chi connectivity index (χ1) is 13.0. The van der Waals surface area contributed by atoms with Gasteiger partial charge in [-0.05, 0) is 51.7 Å². The van der Waals surface area contributed by atoms with Gasteiger partial charge >= 0.3 is 7.12 Å². The smallest absolute Gasteiger partial charge is 0.489 e. The van der Waals surface area contributed by atoms with Gasteiger partial charge in [0, 0.05) is 6.61 Å². The molecule has 1 aliphatic heterocycles. The molecule has 0 atom stereocenters. The van der Waals surface area contributed by atoms with Crippen LogP contribution in [0.1, 0.15) is 47.5 Å². The average Bonchev–Trinajstić information content (AvgIpc) is 2.78. The van der Waals surface area contributed by atoms with Crippen LogP contribution in [0.2, 0.25) is 0 Å². The molecule has 0 radical (unpaired) electrons. The summed E-state index contributed by atoms with van der Waals surface area (Å²) in [6.07, 6.45) is 3.18. The minimum atomic E-state index is -3.47. The Hall–Kier alpha value is -1.29. The van der Waals surface area contributed by atoms with Crippen molar-refractivity contribution in [2.75, 3.05) is 30.8 Å². The van der Waals surface area contributed by atoms with Crippen LogP contribution in [-0.2, 0) is 24.1 Å². The van der Waals surface area contributed by atoms with Crippen LogP contribution in [0.25, 0.3) is 0 Å². The summed E-state index contributed by atoms with van der Waals surface area (Å²) in [5.74, 6) is 0.435. The number of benzene rings is 1. The highest BCUT2D eigenvalue weighted by molar-refractivity contribution is 7.92. The Balaban J connectivity index is 2.14. The van der Waals surface area contributed by atoms with E-state index in [0.717, 1.165) is 24.6 Å². The highest BCUT2D eigenvalue weighted by Crippen LogP contribution is 2.37. The van der Waals surface area contributed by atoms with Gasteiger partial charge < -0.3 is 18.8 Å². The van der Waals surface area contributed by atoms with Crippen molar-refractivity contribution in [1.29, 1.82) is 0 Å². The lowest BCUT2D eigenvalue weighted by atomic mass is 9.79. The first kappa shape index (κ1) is 23.0. The van der Waals surface area contributed by atoms with E-state index in [9.17, 15) is 8.42 Å². The highest BCUT2D eigenvalue weighted by Gasteiger charge is 2.51. The highest BCUT2D eigenvalue weighted by atomic mass is 32.2. The molecule has 0 saturated carbocycles. The van der Waals surface area contributed by atoms with Gasteiger partial charge in [0.1, 0.15) is 12.4 Å². The Labute approximate surface area is 169 Å². The van der Waals surface area contributed by atoms with E-state index in [-0.39, 0.29) is 0 Å². The second-order valence-corrected chi connectivity index (χ2v) is 9.78. The summed E-state index contributed by atoms with van der Waals surface area (Å²) in [5.41, 5.74) is 0.111. The third-order valence-corrected chi connectivity index (χ3v) is 5.54. The fourth-order valence-electron chi connectivity index (χ4n) is 2.64. The van der Waals surface area contributed by atoms with Crippen LogP contribution < -0.4 is 14.9 Å². The van der Waals surface area contributed by atoms with Crippen LogP contribution >= 0.6 is 0 Å². The Kier molecular flexibility index (Phi) is 7.41. The summed E-state index contributed by atoms with van der Waals surface area (Å²) < 4.78 is 49.4. The monoisotopic (exact) mass is 413 g/mol. The zero-order valence-corrected chi connectivity index (χ0v) is 18.5. The Morgan fingerprint density at radius 1 is 1.07 bits per heavy atom. The van der Waals surface area contributed by atoms with E-state index in [4.69, 9.17) is 18.8 Å². The van der Waals surface area contributed by atoms with Gasteiger partial charge in [0.25, 0.3) is 0 Å². The lowest BCUT2D eigenvalue weighted by Gasteiger charge is -2.32. The maximum Gasteiger partial charge on any atom is 0.494 e. The molecular formula is C19H32BNO6S. The average molecular weight is 413 g/mol. The van der Waals surface area contributed by atoms with Gasteiger partial charge in [-0.25, -0.2) is 8.42 Å². The van der Waals surface area contributed by atoms with Crippen molar-refractivity contribution in [2.45, 2.75) is 58.7 Å². The van der Waals surface area contributed by atoms with Gasteiger partial charge in [0.2, 0.25) is 10.0 Å². The molecule has 1 saturated heterocycles. The Bertz CT molecular complexity index is 750. The van der Waals surface area contributed by atoms with Crippen LogP contribution in [0.3, 0.4) is 0 Å². The zero-order valence-electron chi connectivity index (χ0n) is 17.7. The van der Waals surface area contributed by atoms with Crippen molar-refractivity contribution in [3.63, 3.8) is 0 Å². The lowest BCUT2D eigenvalue weighted by Crippen LogP contribution is -2.41. The maximum absolute atomic E-state index is 11.8. The standard InChI is InChI=1S/C19H32BNO6S/c1-7-8-11-24-12-13-25-17-10-9-15(14-16(17)21-28(6,22)23)20-26-18(2,3)19(4,5)27-20/h9-10,14,21H,7-8,11-13H2,1-6H3. The molecule has 1 heterocycles. The van der Waals surface area contributed by atoms with Crippen LogP contribution in [0.5, 0.6) is 5.75 Å². The minimum Gasteiger partial charge on any atom is -0.489 e. The van der Waals surface area contributed by atoms with E-state index >= 15 is 0 Å². The predicted molar refractivity (Wildman–Crippen MR) is 112 cm³/mol. The number of hydrogen-bond acceptors (Lipinski definition) is 6. The van der Waals surface area contributed by atoms with Crippen molar-refractivity contribution >= 4 is 28.3 Å². The van der Waals surface area contributed by atoms with Crippen LogP contribution in [-0.4, -0.2) is 52.8 Å². The molecule has 7 nitrogen and oxygen atoms in total. The summed E-state index contributed by atoms with van der Waals surface area (Å²) in [4.78, 5) is 0. The molecule has 0 aromatic heterocycles. The molecule has 1 fully saturated rings. The van der Waals surface area contributed by atoms with Crippen LogP contribution in [0.4, 0.5) is 5.69 Å². The van der Waals surface area contributed by atoms with Gasteiger partial charge in [-0.1, -0.05) is 19.4 Å². The quantitative estimate of drug-likeness (QED) is 0.469. The van der Waals surface area contributed by atoms with Gasteiger partial charge in [-0.3, -0.25) is 4.72 Å². The SMILES string of the molecule is CCCCOCCOc1ccc(B2OC(C)(C)C(C)(C)O2)cc1NS(C)(=O)=O. The summed E-state index contributed by atoms with van der Waals surface area (Å²) in [6.45, 7) is 11.4. The molecule has 1 N–H and O–H groups in total. The summed E-state index contributed by atoms with van der Waals surface area (Å²) in [6, 6.07) is 5.24. The van der Waals surface area contributed by atoms with E-state index in [1.54, 1.807) is 12.1 Å². The Morgan fingerprint density at radius 2 is 1.71 bits per heavy atom. The number of hydrogen-bond donors (Lipinski definition) is 1. The van der Waals surface area contributed by atoms with Gasteiger partial charge in [0.05, 0.1) is 29.8 Å². The molecule has 1 aromatic rings. The van der Waals surface area contributed by atoms with Gasteiger partial charge in [0.15, 0.2) is 0 Å². The van der Waals surface area contributed by atoms with Crippen molar-refractivity contribution in [3.8, 4) is 5.75 Å². The fraction of sp³-hybridized carbons (Fsp3) is 0.684. The predicted octanol–water partition coefficient (Wildman–Crippen LogP) is 2.55. The molecule has 0 amide bonds. The van der Waals surface area contributed by atoms with Crippen LogP contribution in [0.15, 0.2) is 18.2 Å². The molecule has 2 rings (SSSR count). The summed E-state index contributed by atoms with van der Waals surface area (Å²) >= 11 is 0. The van der Waals surface area contributed by atoms with E-state index in [1.807, 2.05) is 33.8 Å². The van der Waals surface area contributed by atoms with E-state index in [1.165, 1.54) is 0 Å². The summed E-state index contributed by atoms with van der Waals surface area (Å²) in [7, 11) is -4.06.